The maximum absolute atomic E-state index is 13.6. The molecule has 0 bridgehead atoms. The fourth-order valence-electron chi connectivity index (χ4n) is 2.62. The van der Waals surface area contributed by atoms with E-state index in [9.17, 15) is 18.7 Å². The van der Waals surface area contributed by atoms with Crippen molar-refractivity contribution in [1.82, 2.24) is 15.5 Å². The van der Waals surface area contributed by atoms with E-state index in [4.69, 9.17) is 10.3 Å². The predicted molar refractivity (Wildman–Crippen MR) is 85.9 cm³/mol. The molecule has 0 spiro atoms. The molecular weight excluding hydrogens is 334 g/mol. The molecule has 7 nitrogen and oxygen atoms in total. The van der Waals surface area contributed by atoms with Crippen molar-refractivity contribution < 1.29 is 23.2 Å². The Balaban J connectivity index is 1.93. The molecule has 9 heteroatoms. The largest absolute Gasteiger partial charge is 0.381 e. The quantitative estimate of drug-likeness (QED) is 0.588. The zero-order valence-corrected chi connectivity index (χ0v) is 14.5. The number of aliphatic hydroxyl groups excluding tert-OH is 1. The number of alkyl halides is 2. The maximum Gasteiger partial charge on any atom is 0.257 e. The smallest absolute Gasteiger partial charge is 0.257 e. The number of amides is 1. The van der Waals surface area contributed by atoms with Crippen LogP contribution in [0.15, 0.2) is 4.52 Å². The van der Waals surface area contributed by atoms with Gasteiger partial charge in [0.15, 0.2) is 11.9 Å². The highest BCUT2D eigenvalue weighted by Gasteiger charge is 2.35. The van der Waals surface area contributed by atoms with Crippen molar-refractivity contribution in [1.29, 1.82) is 0 Å². The summed E-state index contributed by atoms with van der Waals surface area (Å²) in [5, 5.41) is 16.7. The zero-order valence-electron chi connectivity index (χ0n) is 14.5. The lowest BCUT2D eigenvalue weighted by Gasteiger charge is -2.24. The van der Waals surface area contributed by atoms with Gasteiger partial charge in [0.05, 0.1) is 12.1 Å². The second-order valence-corrected chi connectivity index (χ2v) is 6.65. The molecule has 0 saturated heterocycles. The Bertz CT molecular complexity index is 577. The van der Waals surface area contributed by atoms with Crippen molar-refractivity contribution in [3.8, 4) is 0 Å². The maximum atomic E-state index is 13.6. The molecule has 3 atom stereocenters. The van der Waals surface area contributed by atoms with E-state index in [-0.39, 0.29) is 18.2 Å². The summed E-state index contributed by atoms with van der Waals surface area (Å²) >= 11 is 0. The van der Waals surface area contributed by atoms with Gasteiger partial charge < -0.3 is 20.7 Å². The number of aromatic nitrogens is 2. The Hall–Kier alpha value is -1.61. The van der Waals surface area contributed by atoms with E-state index < -0.39 is 36.4 Å². The van der Waals surface area contributed by atoms with Crippen molar-refractivity contribution in [2.45, 2.75) is 82.4 Å². The Morgan fingerprint density at radius 3 is 2.72 bits per heavy atom. The molecule has 0 aliphatic heterocycles. The van der Waals surface area contributed by atoms with Gasteiger partial charge in [-0.05, 0) is 19.3 Å². The molecule has 0 radical (unpaired) electrons. The number of rotatable bonds is 10. The summed E-state index contributed by atoms with van der Waals surface area (Å²) in [5.74, 6) is -2.89. The second kappa shape index (κ2) is 8.18. The normalized spacial score (nSPS) is 18.6. The topological polar surface area (TPSA) is 114 Å². The van der Waals surface area contributed by atoms with E-state index in [1.54, 1.807) is 13.8 Å². The average molecular weight is 360 g/mol. The summed E-state index contributed by atoms with van der Waals surface area (Å²) in [5.41, 5.74) is 5.60. The molecule has 1 aliphatic carbocycles. The van der Waals surface area contributed by atoms with Crippen LogP contribution in [-0.4, -0.2) is 39.2 Å². The van der Waals surface area contributed by atoms with E-state index in [2.05, 4.69) is 15.5 Å². The second-order valence-electron chi connectivity index (χ2n) is 6.65. The van der Waals surface area contributed by atoms with Crippen LogP contribution in [0.3, 0.4) is 0 Å². The zero-order chi connectivity index (χ0) is 18.6. The van der Waals surface area contributed by atoms with Crippen LogP contribution in [0, 0.1) is 0 Å². The number of halogens is 2. The Kier molecular flexibility index (Phi) is 6.45. The number of hydrogen-bond donors (Lipinski definition) is 3. The molecule has 1 aromatic heterocycles. The molecule has 1 saturated carbocycles. The molecule has 1 aromatic rings. The monoisotopic (exact) mass is 360 g/mol. The summed E-state index contributed by atoms with van der Waals surface area (Å²) in [6.07, 6.45) is 0.376. The van der Waals surface area contributed by atoms with Gasteiger partial charge in [0.25, 0.3) is 5.89 Å². The van der Waals surface area contributed by atoms with E-state index in [1.807, 2.05) is 0 Å². The highest BCUT2D eigenvalue weighted by atomic mass is 19.3. The fraction of sp³-hybridized carbons (Fsp3) is 0.812. The minimum absolute atomic E-state index is 0.0129. The first-order valence-corrected chi connectivity index (χ1v) is 8.72. The van der Waals surface area contributed by atoms with E-state index >= 15 is 0 Å². The van der Waals surface area contributed by atoms with Gasteiger partial charge in [0.1, 0.15) is 0 Å². The summed E-state index contributed by atoms with van der Waals surface area (Å²) in [4.78, 5) is 16.3. The fourth-order valence-corrected chi connectivity index (χ4v) is 2.62. The average Bonchev–Trinajstić information content (AvgIpc) is 3.28. The first-order valence-electron chi connectivity index (χ1n) is 8.72. The number of aliphatic hydroxyl groups is 1. The van der Waals surface area contributed by atoms with Crippen LogP contribution in [0.2, 0.25) is 0 Å². The number of nitrogens with one attached hydrogen (secondary N) is 1. The molecule has 0 aromatic carbocycles. The number of nitrogens with zero attached hydrogens (tertiary/aromatic N) is 2. The Morgan fingerprint density at radius 1 is 1.48 bits per heavy atom. The van der Waals surface area contributed by atoms with Crippen LogP contribution < -0.4 is 11.1 Å². The summed E-state index contributed by atoms with van der Waals surface area (Å²) in [7, 11) is 0. The number of carbonyl (C=O) groups excluding carboxylic acids is 1. The van der Waals surface area contributed by atoms with Crippen molar-refractivity contribution in [2.24, 2.45) is 5.73 Å². The van der Waals surface area contributed by atoms with Crippen molar-refractivity contribution in [2.75, 3.05) is 0 Å². The number of nitrogens with two attached hydrogens (primary N) is 1. The SMILES string of the molecule is CCCC(F)(F)CC(N)C(=O)NC(CC)C(O)c1nc(C2CC2)no1. The Labute approximate surface area is 145 Å². The molecule has 2 rings (SSSR count). The highest BCUT2D eigenvalue weighted by molar-refractivity contribution is 5.81. The molecule has 1 fully saturated rings. The van der Waals surface area contributed by atoms with E-state index in [0.29, 0.717) is 18.7 Å². The van der Waals surface area contributed by atoms with Gasteiger partial charge in [-0.2, -0.15) is 4.98 Å². The van der Waals surface area contributed by atoms with E-state index in [0.717, 1.165) is 12.8 Å². The predicted octanol–water partition coefficient (Wildman–Crippen LogP) is 2.03. The first-order chi connectivity index (χ1) is 11.8. The lowest BCUT2D eigenvalue weighted by Crippen LogP contribution is -2.49. The minimum Gasteiger partial charge on any atom is -0.381 e. The van der Waals surface area contributed by atoms with Gasteiger partial charge in [-0.25, -0.2) is 8.78 Å². The summed E-state index contributed by atoms with van der Waals surface area (Å²) in [6, 6.07) is -2.10. The molecule has 25 heavy (non-hydrogen) atoms. The lowest BCUT2D eigenvalue weighted by atomic mass is 10.0. The van der Waals surface area contributed by atoms with Gasteiger partial charge in [0.2, 0.25) is 11.8 Å². The van der Waals surface area contributed by atoms with Gasteiger partial charge in [-0.15, -0.1) is 0 Å². The molecular formula is C16H26F2N4O3. The van der Waals surface area contributed by atoms with Crippen LogP contribution in [-0.2, 0) is 4.79 Å². The molecule has 1 heterocycles. The number of carbonyl (C=O) groups is 1. The van der Waals surface area contributed by atoms with Crippen LogP contribution in [0.1, 0.15) is 76.1 Å². The third-order valence-electron chi connectivity index (χ3n) is 4.27. The molecule has 142 valence electrons. The Morgan fingerprint density at radius 2 is 2.16 bits per heavy atom. The van der Waals surface area contributed by atoms with Crippen molar-refractivity contribution >= 4 is 5.91 Å². The van der Waals surface area contributed by atoms with Crippen molar-refractivity contribution in [3.63, 3.8) is 0 Å². The van der Waals surface area contributed by atoms with Crippen LogP contribution in [0.4, 0.5) is 8.78 Å². The van der Waals surface area contributed by atoms with Gasteiger partial charge in [-0.1, -0.05) is 25.4 Å². The van der Waals surface area contributed by atoms with Crippen LogP contribution >= 0.6 is 0 Å². The van der Waals surface area contributed by atoms with E-state index in [1.165, 1.54) is 0 Å². The summed E-state index contributed by atoms with van der Waals surface area (Å²) < 4.78 is 32.3. The third kappa shape index (κ3) is 5.43. The third-order valence-corrected chi connectivity index (χ3v) is 4.27. The first kappa shape index (κ1) is 19.7. The highest BCUT2D eigenvalue weighted by Crippen LogP contribution is 2.38. The standard InChI is InChI=1S/C16H26F2N4O3/c1-3-7-16(17,18)8-10(19)14(24)20-11(4-2)12(23)15-21-13(22-25-15)9-5-6-9/h9-12,23H,3-8,19H2,1-2H3,(H,20,24). The minimum atomic E-state index is -2.99. The number of hydrogen-bond acceptors (Lipinski definition) is 6. The molecule has 1 amide bonds. The lowest BCUT2D eigenvalue weighted by molar-refractivity contribution is -0.127. The van der Waals surface area contributed by atoms with Gasteiger partial charge >= 0.3 is 0 Å². The van der Waals surface area contributed by atoms with Crippen LogP contribution in [0.5, 0.6) is 0 Å². The molecule has 3 unspecified atom stereocenters. The van der Waals surface area contributed by atoms with Crippen molar-refractivity contribution in [3.05, 3.63) is 11.7 Å². The molecule has 4 N–H and O–H groups in total. The molecule has 1 aliphatic rings. The summed E-state index contributed by atoms with van der Waals surface area (Å²) in [6.45, 7) is 3.38. The van der Waals surface area contributed by atoms with Gasteiger partial charge in [0, 0.05) is 18.8 Å². The van der Waals surface area contributed by atoms with Crippen LogP contribution in [0.25, 0.3) is 0 Å². The van der Waals surface area contributed by atoms with Gasteiger partial charge in [-0.3, -0.25) is 4.79 Å².